The number of nitrogens with zero attached hydrogens (tertiary/aromatic N) is 1. The van der Waals surface area contributed by atoms with E-state index in [-0.39, 0.29) is 10.6 Å². The van der Waals surface area contributed by atoms with Gasteiger partial charge in [-0.25, -0.2) is 0 Å². The van der Waals surface area contributed by atoms with Crippen molar-refractivity contribution in [2.24, 2.45) is 0 Å². The Bertz CT molecular complexity index is 741. The summed E-state index contributed by atoms with van der Waals surface area (Å²) in [6, 6.07) is 11.3. The zero-order valence-electron chi connectivity index (χ0n) is 10.1. The van der Waals surface area contributed by atoms with Gasteiger partial charge in [0.05, 0.1) is 9.82 Å². The molecule has 0 unspecified atom stereocenters. The molecule has 0 atom stereocenters. The summed E-state index contributed by atoms with van der Waals surface area (Å²) in [6.07, 6.45) is 0. The molecular weight excluding hydrogens is 284 g/mol. The molecule has 0 amide bonds. The summed E-state index contributed by atoms with van der Waals surface area (Å²) in [7, 11) is -4.23. The molecule has 7 nitrogen and oxygen atoms in total. The molecule has 0 fully saturated rings. The Kier molecular flexibility index (Phi) is 3.68. The summed E-state index contributed by atoms with van der Waals surface area (Å²) in [4.78, 5) is 9.92. The molecule has 0 saturated heterocycles. The maximum Gasteiger partial charge on any atom is 0.294 e. The Balaban J connectivity index is 2.22. The standard InChI is InChI=1S/C12H10N2O5S/c15-14(16)11-3-1-2-10(8-11)13-9-4-6-12(7-5-9)20(17,18)19/h1-8,13H,(H,17,18,19). The van der Waals surface area contributed by atoms with Crippen molar-refractivity contribution in [1.29, 1.82) is 0 Å². The summed E-state index contributed by atoms with van der Waals surface area (Å²) >= 11 is 0. The molecule has 2 aromatic rings. The van der Waals surface area contributed by atoms with E-state index in [1.807, 2.05) is 0 Å². The van der Waals surface area contributed by atoms with Gasteiger partial charge < -0.3 is 5.32 Å². The molecule has 0 heterocycles. The summed E-state index contributed by atoms with van der Waals surface area (Å²) < 4.78 is 30.6. The van der Waals surface area contributed by atoms with E-state index >= 15 is 0 Å². The molecule has 0 aliphatic rings. The Morgan fingerprint density at radius 1 is 1.05 bits per heavy atom. The van der Waals surface area contributed by atoms with Crippen LogP contribution in [0.2, 0.25) is 0 Å². The van der Waals surface area contributed by atoms with Crippen molar-refractivity contribution in [2.45, 2.75) is 4.90 Å². The zero-order valence-corrected chi connectivity index (χ0v) is 10.9. The van der Waals surface area contributed by atoms with Crippen LogP contribution in [0.25, 0.3) is 0 Å². The topological polar surface area (TPSA) is 110 Å². The van der Waals surface area contributed by atoms with Crippen LogP contribution in [-0.4, -0.2) is 17.9 Å². The van der Waals surface area contributed by atoms with E-state index < -0.39 is 15.0 Å². The SMILES string of the molecule is O=[N+]([O-])c1cccc(Nc2ccc(S(=O)(=O)O)cc2)c1. The molecule has 0 radical (unpaired) electrons. The lowest BCUT2D eigenvalue weighted by Gasteiger charge is -2.06. The van der Waals surface area contributed by atoms with E-state index in [9.17, 15) is 18.5 Å². The second-order valence-corrected chi connectivity index (χ2v) is 5.35. The Morgan fingerprint density at radius 2 is 1.70 bits per heavy atom. The number of hydrogen-bond acceptors (Lipinski definition) is 5. The smallest absolute Gasteiger partial charge is 0.294 e. The second-order valence-electron chi connectivity index (χ2n) is 3.93. The van der Waals surface area contributed by atoms with Gasteiger partial charge in [0.1, 0.15) is 0 Å². The van der Waals surface area contributed by atoms with Gasteiger partial charge in [0.25, 0.3) is 15.8 Å². The molecule has 2 aromatic carbocycles. The fourth-order valence-corrected chi connectivity index (χ4v) is 2.05. The highest BCUT2D eigenvalue weighted by molar-refractivity contribution is 7.85. The third kappa shape index (κ3) is 3.31. The van der Waals surface area contributed by atoms with Gasteiger partial charge in [-0.3, -0.25) is 14.7 Å². The van der Waals surface area contributed by atoms with Crippen molar-refractivity contribution in [2.75, 3.05) is 5.32 Å². The zero-order chi connectivity index (χ0) is 14.8. The van der Waals surface area contributed by atoms with Gasteiger partial charge in [-0.15, -0.1) is 0 Å². The average molecular weight is 294 g/mol. The molecule has 0 aliphatic heterocycles. The number of anilines is 2. The molecule has 8 heteroatoms. The normalized spacial score (nSPS) is 11.1. The minimum absolute atomic E-state index is 0.0513. The second kappa shape index (κ2) is 5.27. The van der Waals surface area contributed by atoms with E-state index in [4.69, 9.17) is 4.55 Å². The molecular formula is C12H10N2O5S. The summed E-state index contributed by atoms with van der Waals surface area (Å²) in [5.41, 5.74) is 0.987. The van der Waals surface area contributed by atoms with E-state index in [0.29, 0.717) is 11.4 Å². The minimum Gasteiger partial charge on any atom is -0.355 e. The molecule has 2 rings (SSSR count). The monoisotopic (exact) mass is 294 g/mol. The van der Waals surface area contributed by atoms with Crippen molar-refractivity contribution >= 4 is 27.2 Å². The van der Waals surface area contributed by atoms with Gasteiger partial charge in [0.15, 0.2) is 0 Å². The first-order chi connectivity index (χ1) is 9.36. The lowest BCUT2D eigenvalue weighted by atomic mass is 10.2. The van der Waals surface area contributed by atoms with Crippen LogP contribution in [0.1, 0.15) is 0 Å². The van der Waals surface area contributed by atoms with Gasteiger partial charge in [-0.05, 0) is 30.3 Å². The van der Waals surface area contributed by atoms with Gasteiger partial charge in [0, 0.05) is 23.5 Å². The third-order valence-corrected chi connectivity index (χ3v) is 3.37. The van der Waals surface area contributed by atoms with Gasteiger partial charge >= 0.3 is 0 Å². The largest absolute Gasteiger partial charge is 0.355 e. The molecule has 0 bridgehead atoms. The quantitative estimate of drug-likeness (QED) is 0.509. The van der Waals surface area contributed by atoms with Gasteiger partial charge in [-0.2, -0.15) is 8.42 Å². The first-order valence-corrected chi connectivity index (χ1v) is 6.89. The van der Waals surface area contributed by atoms with E-state index in [0.717, 1.165) is 0 Å². The molecule has 0 aromatic heterocycles. The molecule has 2 N–H and O–H groups in total. The van der Waals surface area contributed by atoms with Crippen LogP contribution >= 0.6 is 0 Å². The van der Waals surface area contributed by atoms with Crippen molar-refractivity contribution < 1.29 is 17.9 Å². The summed E-state index contributed by atoms with van der Waals surface area (Å²) in [5, 5.41) is 13.5. The third-order valence-electron chi connectivity index (χ3n) is 2.50. The van der Waals surface area contributed by atoms with E-state index in [1.165, 1.54) is 42.5 Å². The Hall–Kier alpha value is -2.45. The predicted octanol–water partition coefficient (Wildman–Crippen LogP) is 2.59. The maximum absolute atomic E-state index is 10.9. The fourth-order valence-electron chi connectivity index (χ4n) is 1.57. The lowest BCUT2D eigenvalue weighted by Crippen LogP contribution is -1.98. The van der Waals surface area contributed by atoms with Crippen molar-refractivity contribution in [3.63, 3.8) is 0 Å². The first-order valence-electron chi connectivity index (χ1n) is 5.45. The first kappa shape index (κ1) is 14.0. The molecule has 0 saturated carbocycles. The van der Waals surface area contributed by atoms with Crippen LogP contribution in [0.3, 0.4) is 0 Å². The maximum atomic E-state index is 10.9. The number of nitro benzene ring substituents is 1. The number of non-ortho nitro benzene ring substituents is 1. The highest BCUT2D eigenvalue weighted by Crippen LogP contribution is 2.22. The highest BCUT2D eigenvalue weighted by atomic mass is 32.2. The van der Waals surface area contributed by atoms with Crippen molar-refractivity contribution in [3.8, 4) is 0 Å². The predicted molar refractivity (Wildman–Crippen MR) is 72.6 cm³/mol. The van der Waals surface area contributed by atoms with E-state index in [2.05, 4.69) is 5.32 Å². The van der Waals surface area contributed by atoms with Gasteiger partial charge in [-0.1, -0.05) is 6.07 Å². The Labute approximate surface area is 114 Å². The van der Waals surface area contributed by atoms with E-state index in [1.54, 1.807) is 6.07 Å². The Morgan fingerprint density at radius 3 is 2.25 bits per heavy atom. The molecule has 20 heavy (non-hydrogen) atoms. The number of rotatable bonds is 4. The summed E-state index contributed by atoms with van der Waals surface area (Å²) in [5.74, 6) is 0. The summed E-state index contributed by atoms with van der Waals surface area (Å²) in [6.45, 7) is 0. The van der Waals surface area contributed by atoms with Crippen molar-refractivity contribution in [1.82, 2.24) is 0 Å². The van der Waals surface area contributed by atoms with Crippen LogP contribution in [0.4, 0.5) is 17.1 Å². The van der Waals surface area contributed by atoms with Crippen molar-refractivity contribution in [3.05, 3.63) is 58.6 Å². The lowest BCUT2D eigenvalue weighted by molar-refractivity contribution is -0.384. The fraction of sp³-hybridized carbons (Fsp3) is 0. The number of hydrogen-bond donors (Lipinski definition) is 2. The van der Waals surface area contributed by atoms with Crippen LogP contribution in [0.15, 0.2) is 53.4 Å². The van der Waals surface area contributed by atoms with Crippen LogP contribution in [0, 0.1) is 10.1 Å². The minimum atomic E-state index is -4.23. The number of benzene rings is 2. The van der Waals surface area contributed by atoms with Crippen LogP contribution in [-0.2, 0) is 10.1 Å². The van der Waals surface area contributed by atoms with Crippen LogP contribution in [0.5, 0.6) is 0 Å². The highest BCUT2D eigenvalue weighted by Gasteiger charge is 2.09. The molecule has 0 spiro atoms. The molecule has 104 valence electrons. The van der Waals surface area contributed by atoms with Crippen LogP contribution < -0.4 is 5.32 Å². The number of nitrogens with one attached hydrogen (secondary N) is 1. The molecule has 0 aliphatic carbocycles. The number of nitro groups is 1. The van der Waals surface area contributed by atoms with Gasteiger partial charge in [0.2, 0.25) is 0 Å². The average Bonchev–Trinajstić information content (AvgIpc) is 2.38.